The number of ketones is 1. The lowest BCUT2D eigenvalue weighted by atomic mass is 9.73. The molecule has 19 heavy (non-hydrogen) atoms. The summed E-state index contributed by atoms with van der Waals surface area (Å²) in [7, 11) is 0. The van der Waals surface area contributed by atoms with Crippen LogP contribution in [0.5, 0.6) is 0 Å². The third-order valence-electron chi connectivity index (χ3n) is 4.37. The Kier molecular flexibility index (Phi) is 3.98. The Labute approximate surface area is 116 Å². The first kappa shape index (κ1) is 14.1. The normalized spacial score (nSPS) is 17.9. The number of hydrogen-bond donors (Lipinski definition) is 1. The molecule has 1 aromatic rings. The molecule has 1 saturated carbocycles. The minimum atomic E-state index is -0.114. The maximum atomic E-state index is 12.9. The van der Waals surface area contributed by atoms with Gasteiger partial charge in [-0.05, 0) is 55.9 Å². The predicted octanol–water partition coefficient (Wildman–Crippen LogP) is 4.37. The van der Waals surface area contributed by atoms with E-state index in [9.17, 15) is 4.79 Å². The number of carbonyl (C=O) groups is 1. The number of rotatable bonds is 4. The maximum Gasteiger partial charge on any atom is 0.169 e. The SMILES string of the molecule is Cc1cc(C(=O)C2(CC(C)C)CCCC2)ccc1N. The molecule has 0 amide bonds. The van der Waals surface area contributed by atoms with E-state index in [1.165, 1.54) is 12.8 Å². The van der Waals surface area contributed by atoms with Gasteiger partial charge >= 0.3 is 0 Å². The second kappa shape index (κ2) is 5.36. The molecule has 0 atom stereocenters. The summed E-state index contributed by atoms with van der Waals surface area (Å²) in [6, 6.07) is 5.71. The van der Waals surface area contributed by atoms with Gasteiger partial charge < -0.3 is 5.73 Å². The minimum Gasteiger partial charge on any atom is -0.399 e. The Morgan fingerprint density at radius 2 is 1.95 bits per heavy atom. The van der Waals surface area contributed by atoms with Gasteiger partial charge in [-0.3, -0.25) is 4.79 Å². The van der Waals surface area contributed by atoms with E-state index in [1.54, 1.807) is 0 Å². The molecule has 1 aliphatic rings. The number of Topliss-reactive ketones (excluding diaryl/α,β-unsaturated/α-hetero) is 1. The smallest absolute Gasteiger partial charge is 0.169 e. The van der Waals surface area contributed by atoms with Gasteiger partial charge in [-0.25, -0.2) is 0 Å². The maximum absolute atomic E-state index is 12.9. The Morgan fingerprint density at radius 3 is 2.47 bits per heavy atom. The Balaban J connectivity index is 2.31. The van der Waals surface area contributed by atoms with Gasteiger partial charge in [-0.15, -0.1) is 0 Å². The average molecular weight is 259 g/mol. The van der Waals surface area contributed by atoms with E-state index in [2.05, 4.69) is 13.8 Å². The number of nitrogens with two attached hydrogens (primary N) is 1. The molecule has 2 heteroatoms. The van der Waals surface area contributed by atoms with Crippen LogP contribution in [0, 0.1) is 18.3 Å². The van der Waals surface area contributed by atoms with Crippen LogP contribution in [-0.2, 0) is 0 Å². The molecule has 0 unspecified atom stereocenters. The molecule has 2 rings (SSSR count). The Bertz CT molecular complexity index is 470. The van der Waals surface area contributed by atoms with Crippen molar-refractivity contribution in [2.24, 2.45) is 11.3 Å². The van der Waals surface area contributed by atoms with Crippen LogP contribution in [0.15, 0.2) is 18.2 Å². The molecular weight excluding hydrogens is 234 g/mol. The monoisotopic (exact) mass is 259 g/mol. The molecule has 1 aromatic carbocycles. The molecule has 0 heterocycles. The summed E-state index contributed by atoms with van der Waals surface area (Å²) in [5.74, 6) is 0.902. The second-order valence-corrected chi connectivity index (χ2v) is 6.49. The molecule has 0 radical (unpaired) electrons. The summed E-state index contributed by atoms with van der Waals surface area (Å²) in [5, 5.41) is 0. The molecule has 0 aromatic heterocycles. The van der Waals surface area contributed by atoms with Crippen LogP contribution in [0.2, 0.25) is 0 Å². The van der Waals surface area contributed by atoms with Crippen molar-refractivity contribution in [3.05, 3.63) is 29.3 Å². The first-order valence-electron chi connectivity index (χ1n) is 7.35. The standard InChI is InChI=1S/C17H25NO/c1-12(2)11-17(8-4-5-9-17)16(19)14-6-7-15(18)13(3)10-14/h6-7,10,12H,4-5,8-9,11,18H2,1-3H3. The van der Waals surface area contributed by atoms with Crippen molar-refractivity contribution in [3.63, 3.8) is 0 Å². The van der Waals surface area contributed by atoms with Crippen LogP contribution < -0.4 is 5.73 Å². The number of benzene rings is 1. The summed E-state index contributed by atoms with van der Waals surface area (Å²) in [4.78, 5) is 12.9. The highest BCUT2D eigenvalue weighted by Gasteiger charge is 2.41. The number of anilines is 1. The highest BCUT2D eigenvalue weighted by Crippen LogP contribution is 2.45. The van der Waals surface area contributed by atoms with Crippen molar-refractivity contribution in [2.45, 2.75) is 52.9 Å². The van der Waals surface area contributed by atoms with Crippen molar-refractivity contribution >= 4 is 11.5 Å². The highest BCUT2D eigenvalue weighted by molar-refractivity contribution is 6.01. The molecule has 1 aliphatic carbocycles. The van der Waals surface area contributed by atoms with Crippen molar-refractivity contribution in [1.82, 2.24) is 0 Å². The van der Waals surface area contributed by atoms with Crippen LogP contribution >= 0.6 is 0 Å². The zero-order valence-corrected chi connectivity index (χ0v) is 12.3. The molecule has 0 aliphatic heterocycles. The molecule has 1 fully saturated rings. The minimum absolute atomic E-state index is 0.114. The van der Waals surface area contributed by atoms with E-state index in [-0.39, 0.29) is 5.41 Å². The van der Waals surface area contributed by atoms with Crippen LogP contribution in [0.4, 0.5) is 5.69 Å². The van der Waals surface area contributed by atoms with Gasteiger partial charge in [0.05, 0.1) is 0 Å². The molecular formula is C17H25NO. The first-order valence-corrected chi connectivity index (χ1v) is 7.35. The average Bonchev–Trinajstić information content (AvgIpc) is 2.80. The summed E-state index contributed by atoms with van der Waals surface area (Å²) < 4.78 is 0. The molecule has 0 spiro atoms. The van der Waals surface area contributed by atoms with Gasteiger partial charge in [0.15, 0.2) is 5.78 Å². The van der Waals surface area contributed by atoms with E-state index in [0.717, 1.165) is 36.1 Å². The number of aryl methyl sites for hydroxylation is 1. The summed E-state index contributed by atoms with van der Waals surface area (Å²) in [6.07, 6.45) is 5.48. The summed E-state index contributed by atoms with van der Waals surface area (Å²) in [5.41, 5.74) is 8.34. The predicted molar refractivity (Wildman–Crippen MR) is 80.3 cm³/mol. The Hall–Kier alpha value is -1.31. The topological polar surface area (TPSA) is 43.1 Å². The van der Waals surface area contributed by atoms with E-state index in [0.29, 0.717) is 11.7 Å². The third kappa shape index (κ3) is 2.83. The van der Waals surface area contributed by atoms with Crippen LogP contribution in [0.25, 0.3) is 0 Å². The van der Waals surface area contributed by atoms with Crippen molar-refractivity contribution in [2.75, 3.05) is 5.73 Å². The second-order valence-electron chi connectivity index (χ2n) is 6.49. The summed E-state index contributed by atoms with van der Waals surface area (Å²) in [6.45, 7) is 6.39. The third-order valence-corrected chi connectivity index (χ3v) is 4.37. The van der Waals surface area contributed by atoms with Crippen molar-refractivity contribution < 1.29 is 4.79 Å². The van der Waals surface area contributed by atoms with Crippen LogP contribution in [-0.4, -0.2) is 5.78 Å². The fourth-order valence-electron chi connectivity index (χ4n) is 3.48. The van der Waals surface area contributed by atoms with E-state index in [4.69, 9.17) is 5.73 Å². The van der Waals surface area contributed by atoms with Gasteiger partial charge in [0.1, 0.15) is 0 Å². The largest absolute Gasteiger partial charge is 0.399 e. The fourth-order valence-corrected chi connectivity index (χ4v) is 3.48. The molecule has 104 valence electrons. The zero-order valence-electron chi connectivity index (χ0n) is 12.3. The lowest BCUT2D eigenvalue weighted by molar-refractivity contribution is 0.0760. The van der Waals surface area contributed by atoms with Gasteiger partial charge in [0, 0.05) is 16.7 Å². The van der Waals surface area contributed by atoms with E-state index >= 15 is 0 Å². The Morgan fingerprint density at radius 1 is 1.32 bits per heavy atom. The van der Waals surface area contributed by atoms with Crippen LogP contribution in [0.3, 0.4) is 0 Å². The molecule has 0 bridgehead atoms. The number of nitrogen functional groups attached to an aromatic ring is 1. The number of hydrogen-bond acceptors (Lipinski definition) is 2. The van der Waals surface area contributed by atoms with Crippen LogP contribution in [0.1, 0.15) is 61.9 Å². The van der Waals surface area contributed by atoms with E-state index in [1.807, 2.05) is 25.1 Å². The molecule has 2 N–H and O–H groups in total. The molecule has 2 nitrogen and oxygen atoms in total. The quantitative estimate of drug-likeness (QED) is 0.644. The lowest BCUT2D eigenvalue weighted by Gasteiger charge is -2.29. The van der Waals surface area contributed by atoms with Gasteiger partial charge in [-0.1, -0.05) is 26.7 Å². The summed E-state index contributed by atoms with van der Waals surface area (Å²) >= 11 is 0. The van der Waals surface area contributed by atoms with Crippen molar-refractivity contribution in [3.8, 4) is 0 Å². The lowest BCUT2D eigenvalue weighted by Crippen LogP contribution is -2.30. The zero-order chi connectivity index (χ0) is 14.0. The highest BCUT2D eigenvalue weighted by atomic mass is 16.1. The van der Waals surface area contributed by atoms with Gasteiger partial charge in [0.2, 0.25) is 0 Å². The molecule has 0 saturated heterocycles. The van der Waals surface area contributed by atoms with Gasteiger partial charge in [0.25, 0.3) is 0 Å². The number of carbonyl (C=O) groups excluding carboxylic acids is 1. The van der Waals surface area contributed by atoms with Gasteiger partial charge in [-0.2, -0.15) is 0 Å². The van der Waals surface area contributed by atoms with E-state index < -0.39 is 0 Å². The fraction of sp³-hybridized carbons (Fsp3) is 0.588. The van der Waals surface area contributed by atoms with Crippen molar-refractivity contribution in [1.29, 1.82) is 0 Å². The first-order chi connectivity index (χ1) is 8.94.